The molecule has 0 unspecified atom stereocenters. The van der Waals surface area contributed by atoms with Crippen LogP contribution in [-0.2, 0) is 0 Å². The number of rotatable bonds is 14. The van der Waals surface area contributed by atoms with Gasteiger partial charge in [0.25, 0.3) is 11.8 Å². The van der Waals surface area contributed by atoms with E-state index in [-0.39, 0.29) is 24.8 Å². The Morgan fingerprint density at radius 1 is 0.561 bits per heavy atom. The fourth-order valence-electron chi connectivity index (χ4n) is 8.53. The fourth-order valence-corrected chi connectivity index (χ4v) is 8.53. The van der Waals surface area contributed by atoms with E-state index in [9.17, 15) is 19.8 Å². The van der Waals surface area contributed by atoms with E-state index in [2.05, 4.69) is 49.7 Å². The lowest BCUT2D eigenvalue weighted by atomic mass is 9.95. The predicted octanol–water partition coefficient (Wildman–Crippen LogP) is 7.95. The second kappa shape index (κ2) is 20.5. The van der Waals surface area contributed by atoms with Crippen molar-refractivity contribution in [3.8, 4) is 23.3 Å². The average molecular weight is 887 g/mol. The number of fused-ring (bicyclic) bond motifs is 2. The molecular formula is C50H50N10O6. The Bertz CT molecular complexity index is 2640. The number of hydrogen-bond acceptors (Lipinski definition) is 14. The van der Waals surface area contributed by atoms with Gasteiger partial charge in [0.15, 0.2) is 23.3 Å². The molecular weight excluding hydrogens is 837 g/mol. The van der Waals surface area contributed by atoms with Crippen LogP contribution < -0.4 is 19.3 Å². The molecule has 2 atom stereocenters. The molecule has 4 aromatic heterocycles. The third-order valence-electron chi connectivity index (χ3n) is 11.9. The van der Waals surface area contributed by atoms with E-state index in [1.54, 1.807) is 73.3 Å². The third-order valence-corrected chi connectivity index (χ3v) is 11.9. The Balaban J connectivity index is 0.000000166. The Morgan fingerprint density at radius 2 is 0.970 bits per heavy atom. The number of nitrogens with one attached hydrogen (secondary N) is 2. The second-order valence-electron chi connectivity index (χ2n) is 16.4. The van der Waals surface area contributed by atoms with Crippen LogP contribution in [0.1, 0.15) is 70.9 Å². The van der Waals surface area contributed by atoms with Gasteiger partial charge in [0.2, 0.25) is 11.6 Å². The number of aliphatic hydroxyl groups excluding tert-OH is 2. The van der Waals surface area contributed by atoms with Crippen LogP contribution >= 0.6 is 0 Å². The van der Waals surface area contributed by atoms with Gasteiger partial charge in [-0.2, -0.15) is 0 Å². The van der Waals surface area contributed by atoms with Crippen molar-refractivity contribution >= 4 is 45.3 Å². The van der Waals surface area contributed by atoms with Crippen molar-refractivity contribution in [1.82, 2.24) is 39.9 Å². The van der Waals surface area contributed by atoms with Gasteiger partial charge in [-0.25, -0.2) is 29.9 Å². The fraction of sp³-hybridized carbons (Fsp3) is 0.280. The Labute approximate surface area is 380 Å². The maximum absolute atomic E-state index is 12.8. The largest absolute Gasteiger partial charge is 0.436 e. The molecule has 2 aliphatic heterocycles. The summed E-state index contributed by atoms with van der Waals surface area (Å²) in [7, 11) is 0. The number of anilines is 2. The molecule has 10 rings (SSSR count). The van der Waals surface area contributed by atoms with Crippen molar-refractivity contribution in [1.29, 1.82) is 0 Å². The summed E-state index contributed by atoms with van der Waals surface area (Å²) in [5, 5.41) is 18.6. The van der Waals surface area contributed by atoms with Crippen molar-refractivity contribution < 1.29 is 29.3 Å². The number of ketones is 2. The van der Waals surface area contributed by atoms with E-state index in [1.165, 1.54) is 0 Å². The zero-order valence-corrected chi connectivity index (χ0v) is 36.3. The first kappa shape index (κ1) is 43.7. The monoisotopic (exact) mass is 886 g/mol. The van der Waals surface area contributed by atoms with Crippen LogP contribution in [0.5, 0.6) is 23.3 Å². The summed E-state index contributed by atoms with van der Waals surface area (Å²) in [5.41, 5.74) is 4.21. The van der Waals surface area contributed by atoms with Gasteiger partial charge in [0.1, 0.15) is 11.5 Å². The van der Waals surface area contributed by atoms with Gasteiger partial charge < -0.3 is 39.5 Å². The molecule has 2 saturated heterocycles. The number of para-hydroxylation sites is 4. The third kappa shape index (κ3) is 10.2. The number of carbonyl (C=O) groups is 2. The molecule has 16 nitrogen and oxygen atoms in total. The van der Waals surface area contributed by atoms with Crippen molar-refractivity contribution in [3.63, 3.8) is 0 Å². The summed E-state index contributed by atoms with van der Waals surface area (Å²) < 4.78 is 12.1. The van der Waals surface area contributed by atoms with Gasteiger partial charge in [-0.1, -0.05) is 24.3 Å². The number of carbonyl (C=O) groups excluding carboxylic acids is 2. The van der Waals surface area contributed by atoms with Crippen molar-refractivity contribution in [2.75, 3.05) is 49.2 Å². The number of hydrogen-bond donors (Lipinski definition) is 4. The molecule has 0 amide bonds. The number of nitrogens with zero attached hydrogens (tertiary/aromatic N) is 8. The lowest BCUT2D eigenvalue weighted by molar-refractivity contribution is 0.102. The molecule has 0 saturated carbocycles. The highest BCUT2D eigenvalue weighted by atomic mass is 16.5. The molecule has 0 radical (unpaired) electrons. The van der Waals surface area contributed by atoms with Crippen molar-refractivity contribution in [2.24, 2.45) is 11.8 Å². The van der Waals surface area contributed by atoms with E-state index in [4.69, 9.17) is 9.47 Å². The van der Waals surface area contributed by atoms with Crippen molar-refractivity contribution in [2.45, 2.75) is 38.5 Å². The van der Waals surface area contributed by atoms with Crippen LogP contribution in [0, 0.1) is 11.8 Å². The summed E-state index contributed by atoms with van der Waals surface area (Å²) in [6.45, 7) is 3.79. The van der Waals surface area contributed by atoms with Crippen LogP contribution in [0.4, 0.5) is 11.6 Å². The van der Waals surface area contributed by atoms with E-state index in [1.807, 2.05) is 48.5 Å². The maximum Gasteiger partial charge on any atom is 0.263 e. The highest BCUT2D eigenvalue weighted by Crippen LogP contribution is 2.34. The van der Waals surface area contributed by atoms with Gasteiger partial charge >= 0.3 is 0 Å². The standard InChI is InChI=1S/2C25H25N5O3/c2*31-15-11-17-4-3-14-30(16-17)24-25(27-13-12-26-24)33-19-9-7-18(8-10-19)22(32)23-28-20-5-1-2-6-21(20)29-23/h2*1-2,5-10,12-13,17,31H,3-4,11,14-16H2,(H,28,29)/t2*17-/m10/s1. The first-order valence-corrected chi connectivity index (χ1v) is 22.3. The molecule has 0 bridgehead atoms. The number of ether oxygens (including phenoxy) is 2. The normalized spacial score (nSPS) is 16.2. The minimum absolute atomic E-state index is 0.179. The van der Waals surface area contributed by atoms with Gasteiger partial charge in [-0.3, -0.25) is 9.59 Å². The summed E-state index contributed by atoms with van der Waals surface area (Å²) in [5.74, 6) is 4.52. The number of piperidine rings is 2. The van der Waals surface area contributed by atoms with Crippen LogP contribution in [-0.4, -0.2) is 101 Å². The summed E-state index contributed by atoms with van der Waals surface area (Å²) >= 11 is 0. The van der Waals surface area contributed by atoms with E-state index in [0.717, 1.165) is 86.8 Å². The summed E-state index contributed by atoms with van der Waals surface area (Å²) in [4.78, 5) is 62.8. The zero-order valence-electron chi connectivity index (χ0n) is 36.3. The number of aromatic amines is 2. The number of aliphatic hydroxyl groups is 2. The summed E-state index contributed by atoms with van der Waals surface area (Å²) in [6.07, 6.45) is 12.4. The summed E-state index contributed by atoms with van der Waals surface area (Å²) in [6, 6.07) is 29.0. The van der Waals surface area contributed by atoms with Crippen LogP contribution in [0.25, 0.3) is 22.1 Å². The lowest BCUT2D eigenvalue weighted by Crippen LogP contribution is -2.36. The molecule has 66 heavy (non-hydrogen) atoms. The maximum atomic E-state index is 12.8. The first-order valence-electron chi connectivity index (χ1n) is 22.3. The zero-order chi connectivity index (χ0) is 45.2. The van der Waals surface area contributed by atoms with E-state index < -0.39 is 0 Å². The molecule has 16 heteroatoms. The topological polar surface area (TPSA) is 208 Å². The molecule has 0 spiro atoms. The van der Waals surface area contributed by atoms with Gasteiger partial charge in [0.05, 0.1) is 22.1 Å². The van der Waals surface area contributed by atoms with Crippen molar-refractivity contribution in [3.05, 3.63) is 145 Å². The highest BCUT2D eigenvalue weighted by Gasteiger charge is 2.26. The Hall–Kier alpha value is -7.56. The van der Waals surface area contributed by atoms with Crippen LogP contribution in [0.15, 0.2) is 122 Å². The molecule has 6 heterocycles. The quantitative estimate of drug-likeness (QED) is 0.0765. The van der Waals surface area contributed by atoms with E-state index >= 15 is 0 Å². The molecule has 4 aromatic carbocycles. The van der Waals surface area contributed by atoms with Crippen LogP contribution in [0.3, 0.4) is 0 Å². The Morgan fingerprint density at radius 3 is 1.38 bits per heavy atom. The SMILES string of the molecule is O=C(c1ccc(Oc2nccnc2N2CCC[C@@H](CCO)C2)cc1)c1nc2ccccc2[nH]1.O=C(c1ccc(Oc2nccnc2N2CCC[C@H](CCO)C2)cc1)c1nc2ccccc2[nH]1. The first-order chi connectivity index (χ1) is 32.4. The van der Waals surface area contributed by atoms with E-state index in [0.29, 0.717) is 69.5 Å². The van der Waals surface area contributed by atoms with Gasteiger partial charge in [-0.05, 0) is 123 Å². The van der Waals surface area contributed by atoms with Gasteiger partial charge in [-0.15, -0.1) is 0 Å². The average Bonchev–Trinajstić information content (AvgIpc) is 4.01. The Kier molecular flexibility index (Phi) is 13.6. The highest BCUT2D eigenvalue weighted by molar-refractivity contribution is 6.08. The number of H-pyrrole nitrogens is 2. The lowest BCUT2D eigenvalue weighted by Gasteiger charge is -2.33. The minimum atomic E-state index is -0.179. The molecule has 8 aromatic rings. The number of benzene rings is 4. The molecule has 0 aliphatic carbocycles. The predicted molar refractivity (Wildman–Crippen MR) is 249 cm³/mol. The number of aromatic nitrogens is 8. The number of imidazole rings is 2. The second-order valence-corrected chi connectivity index (χ2v) is 16.4. The minimum Gasteiger partial charge on any atom is -0.436 e. The molecule has 336 valence electrons. The smallest absolute Gasteiger partial charge is 0.263 e. The van der Waals surface area contributed by atoms with Crippen LogP contribution in [0.2, 0.25) is 0 Å². The molecule has 2 fully saturated rings. The molecule has 2 aliphatic rings. The molecule has 4 N–H and O–H groups in total. The van der Waals surface area contributed by atoms with Gasteiger partial charge in [0, 0.05) is 75.3 Å².